The van der Waals surface area contributed by atoms with E-state index in [9.17, 15) is 0 Å². The summed E-state index contributed by atoms with van der Waals surface area (Å²) in [7, 11) is 2.03. The highest BCUT2D eigenvalue weighted by molar-refractivity contribution is 6.10. The maximum Gasteiger partial charge on any atom is 0.217 e. The number of allylic oxidation sites excluding steroid dienone is 3. The Bertz CT molecular complexity index is 708. The molecule has 0 spiro atoms. The van der Waals surface area contributed by atoms with Crippen LogP contribution in [0.5, 0.6) is 0 Å². The van der Waals surface area contributed by atoms with Gasteiger partial charge in [0, 0.05) is 30.0 Å². The molecule has 1 aliphatic rings. The molecule has 2 rings (SSSR count). The van der Waals surface area contributed by atoms with Gasteiger partial charge in [-0.25, -0.2) is 4.99 Å². The number of fused-ring (bicyclic) bond motifs is 1. The minimum absolute atomic E-state index is 0.0906. The summed E-state index contributed by atoms with van der Waals surface area (Å²) in [4.78, 5) is 5.95. The SMILES string of the molecule is CN1/C(=C\C=C/N=C(C#N)C#N)C(C)(C)c2ccccc21. The van der Waals surface area contributed by atoms with Crippen LogP contribution in [0.25, 0.3) is 0 Å². The van der Waals surface area contributed by atoms with Crippen LogP contribution in [0.1, 0.15) is 19.4 Å². The van der Waals surface area contributed by atoms with Crippen LogP contribution in [0.4, 0.5) is 5.69 Å². The number of nitriles is 2. The molecule has 0 bridgehead atoms. The Hall–Kier alpha value is -2.85. The van der Waals surface area contributed by atoms with Gasteiger partial charge in [-0.1, -0.05) is 32.0 Å². The summed E-state index contributed by atoms with van der Waals surface area (Å²) in [5.74, 6) is 0. The van der Waals surface area contributed by atoms with Gasteiger partial charge in [-0.2, -0.15) is 10.5 Å². The smallest absolute Gasteiger partial charge is 0.217 e. The molecule has 4 heteroatoms. The maximum atomic E-state index is 8.62. The van der Waals surface area contributed by atoms with Gasteiger partial charge in [0.15, 0.2) is 0 Å². The molecule has 0 radical (unpaired) electrons. The second-order valence-corrected chi connectivity index (χ2v) is 5.30. The molecule has 0 aromatic heterocycles. The molecule has 0 amide bonds. The van der Waals surface area contributed by atoms with Gasteiger partial charge < -0.3 is 4.90 Å². The molecule has 0 saturated heterocycles. The lowest BCUT2D eigenvalue weighted by Crippen LogP contribution is -2.22. The van der Waals surface area contributed by atoms with Crippen molar-refractivity contribution in [2.24, 2.45) is 4.99 Å². The van der Waals surface area contributed by atoms with Crippen molar-refractivity contribution in [3.05, 3.63) is 53.9 Å². The summed E-state index contributed by atoms with van der Waals surface area (Å²) in [6.07, 6.45) is 5.20. The van der Waals surface area contributed by atoms with Gasteiger partial charge in [-0.05, 0) is 23.8 Å². The molecular weight excluding hydrogens is 260 g/mol. The number of hydrogen-bond donors (Lipinski definition) is 0. The van der Waals surface area contributed by atoms with E-state index in [4.69, 9.17) is 10.5 Å². The fourth-order valence-electron chi connectivity index (χ4n) is 2.64. The van der Waals surface area contributed by atoms with Crippen LogP contribution in [0, 0.1) is 22.7 Å². The molecule has 0 atom stereocenters. The van der Waals surface area contributed by atoms with Crippen molar-refractivity contribution in [2.75, 3.05) is 11.9 Å². The average Bonchev–Trinajstić information content (AvgIpc) is 2.68. The van der Waals surface area contributed by atoms with Crippen molar-refractivity contribution in [3.63, 3.8) is 0 Å². The molecule has 0 fully saturated rings. The number of para-hydroxylation sites is 1. The third kappa shape index (κ3) is 2.57. The van der Waals surface area contributed by atoms with Crippen molar-refractivity contribution >= 4 is 11.4 Å². The van der Waals surface area contributed by atoms with Gasteiger partial charge in [0.2, 0.25) is 5.71 Å². The zero-order chi connectivity index (χ0) is 15.5. The van der Waals surface area contributed by atoms with Gasteiger partial charge in [-0.15, -0.1) is 0 Å². The summed E-state index contributed by atoms with van der Waals surface area (Å²) in [6, 6.07) is 11.8. The fraction of sp³-hybridized carbons (Fsp3) is 0.235. The summed E-state index contributed by atoms with van der Waals surface area (Å²) >= 11 is 0. The normalized spacial score (nSPS) is 17.4. The predicted molar refractivity (Wildman–Crippen MR) is 83.8 cm³/mol. The topological polar surface area (TPSA) is 63.2 Å². The van der Waals surface area contributed by atoms with E-state index in [1.54, 1.807) is 18.2 Å². The first-order valence-corrected chi connectivity index (χ1v) is 6.61. The Labute approximate surface area is 125 Å². The van der Waals surface area contributed by atoms with E-state index in [0.717, 1.165) is 5.70 Å². The van der Waals surface area contributed by atoms with Gasteiger partial charge in [0.25, 0.3) is 0 Å². The van der Waals surface area contributed by atoms with Gasteiger partial charge in [0.1, 0.15) is 12.1 Å². The standard InChI is InChI=1S/C17H16N4/c1-17(2)14-7-4-5-8-15(14)21(3)16(17)9-6-10-20-13(11-18)12-19/h4-10H,1-3H3/b10-6-,16-9-. The molecule has 1 heterocycles. The fourth-order valence-corrected chi connectivity index (χ4v) is 2.64. The monoisotopic (exact) mass is 276 g/mol. The number of hydrogen-bond acceptors (Lipinski definition) is 4. The lowest BCUT2D eigenvalue weighted by atomic mass is 9.84. The van der Waals surface area contributed by atoms with Crippen molar-refractivity contribution in [2.45, 2.75) is 19.3 Å². The van der Waals surface area contributed by atoms with Crippen LogP contribution < -0.4 is 4.90 Å². The predicted octanol–water partition coefficient (Wildman–Crippen LogP) is 3.30. The molecule has 4 nitrogen and oxygen atoms in total. The summed E-state index contributed by atoms with van der Waals surface area (Å²) in [6.45, 7) is 4.35. The second kappa shape index (κ2) is 5.64. The van der Waals surface area contributed by atoms with E-state index in [1.165, 1.54) is 17.5 Å². The third-order valence-electron chi connectivity index (χ3n) is 3.70. The summed E-state index contributed by atoms with van der Waals surface area (Å²) < 4.78 is 0. The molecule has 0 saturated carbocycles. The molecule has 104 valence electrons. The first-order valence-electron chi connectivity index (χ1n) is 6.61. The van der Waals surface area contributed by atoms with Crippen molar-refractivity contribution < 1.29 is 0 Å². The van der Waals surface area contributed by atoms with E-state index in [0.29, 0.717) is 0 Å². The number of anilines is 1. The van der Waals surface area contributed by atoms with E-state index in [-0.39, 0.29) is 11.1 Å². The molecule has 0 N–H and O–H groups in total. The Morgan fingerprint density at radius 3 is 2.52 bits per heavy atom. The number of likely N-dealkylation sites (N-methyl/N-ethyl adjacent to an activating group) is 1. The highest BCUT2D eigenvalue weighted by Gasteiger charge is 2.37. The van der Waals surface area contributed by atoms with Crippen LogP contribution in [0.3, 0.4) is 0 Å². The highest BCUT2D eigenvalue weighted by atomic mass is 15.2. The van der Waals surface area contributed by atoms with Gasteiger partial charge >= 0.3 is 0 Å². The van der Waals surface area contributed by atoms with Gasteiger partial charge in [-0.3, -0.25) is 0 Å². The van der Waals surface area contributed by atoms with Crippen LogP contribution in [0.2, 0.25) is 0 Å². The molecule has 21 heavy (non-hydrogen) atoms. The lowest BCUT2D eigenvalue weighted by molar-refractivity contribution is 0.640. The molecule has 1 aliphatic heterocycles. The molecule has 0 unspecified atom stereocenters. The average molecular weight is 276 g/mol. The molecule has 0 aliphatic carbocycles. The largest absolute Gasteiger partial charge is 0.347 e. The second-order valence-electron chi connectivity index (χ2n) is 5.30. The summed E-state index contributed by atoms with van der Waals surface area (Å²) in [5, 5.41) is 17.2. The number of nitrogens with zero attached hydrogens (tertiary/aromatic N) is 4. The van der Waals surface area contributed by atoms with Crippen LogP contribution >= 0.6 is 0 Å². The quantitative estimate of drug-likeness (QED) is 0.778. The van der Waals surface area contributed by atoms with E-state index >= 15 is 0 Å². The van der Waals surface area contributed by atoms with Crippen molar-refractivity contribution in [1.82, 2.24) is 0 Å². The molecule has 1 aromatic carbocycles. The lowest BCUT2D eigenvalue weighted by Gasteiger charge is -2.23. The molecule has 1 aromatic rings. The Morgan fingerprint density at radius 1 is 1.24 bits per heavy atom. The van der Waals surface area contributed by atoms with Crippen molar-refractivity contribution in [1.29, 1.82) is 10.5 Å². The Morgan fingerprint density at radius 2 is 1.90 bits per heavy atom. The minimum Gasteiger partial charge on any atom is -0.347 e. The first-order chi connectivity index (χ1) is 10.0. The Balaban J connectivity index is 2.33. The van der Waals surface area contributed by atoms with E-state index in [2.05, 4.69) is 35.9 Å². The Kier molecular flexibility index (Phi) is 3.91. The van der Waals surface area contributed by atoms with Crippen molar-refractivity contribution in [3.8, 4) is 12.1 Å². The minimum atomic E-state index is -0.146. The number of rotatable bonds is 2. The van der Waals surface area contributed by atoms with E-state index in [1.807, 2.05) is 25.3 Å². The van der Waals surface area contributed by atoms with Crippen LogP contribution in [0.15, 0.2) is 53.3 Å². The van der Waals surface area contributed by atoms with Gasteiger partial charge in [0.05, 0.1) is 0 Å². The highest BCUT2D eigenvalue weighted by Crippen LogP contribution is 2.46. The number of benzene rings is 1. The summed E-state index contributed by atoms with van der Waals surface area (Å²) in [5.41, 5.74) is 3.38. The number of aliphatic imine (C=N–C) groups is 1. The first kappa shape index (κ1) is 14.6. The van der Waals surface area contributed by atoms with E-state index < -0.39 is 0 Å². The zero-order valence-corrected chi connectivity index (χ0v) is 12.3. The zero-order valence-electron chi connectivity index (χ0n) is 12.3. The molecular formula is C17H16N4. The van der Waals surface area contributed by atoms with Crippen LogP contribution in [-0.4, -0.2) is 12.8 Å². The maximum absolute atomic E-state index is 8.62. The van der Waals surface area contributed by atoms with Crippen LogP contribution in [-0.2, 0) is 5.41 Å². The third-order valence-corrected chi connectivity index (χ3v) is 3.70.